The smallest absolute Gasteiger partial charge is 0.259 e. The van der Waals surface area contributed by atoms with Gasteiger partial charge in [0, 0.05) is 19.3 Å². The summed E-state index contributed by atoms with van der Waals surface area (Å²) < 4.78 is 7.16. The fourth-order valence-corrected chi connectivity index (χ4v) is 1.78. The number of rotatable bonds is 5. The van der Waals surface area contributed by atoms with Gasteiger partial charge in [-0.3, -0.25) is 9.48 Å². The van der Waals surface area contributed by atoms with Gasteiger partial charge in [-0.2, -0.15) is 5.10 Å². The molecule has 20 heavy (non-hydrogen) atoms. The van der Waals surface area contributed by atoms with Crippen molar-refractivity contribution in [2.45, 2.75) is 6.92 Å². The number of hydrogen-bond donors (Lipinski definition) is 2. The van der Waals surface area contributed by atoms with Crippen LogP contribution in [0, 0.1) is 6.92 Å². The van der Waals surface area contributed by atoms with E-state index in [4.69, 9.17) is 10.5 Å². The average molecular weight is 274 g/mol. The molecule has 0 fully saturated rings. The maximum Gasteiger partial charge on any atom is 0.259 e. The number of para-hydroxylation sites is 2. The fourth-order valence-electron chi connectivity index (χ4n) is 1.78. The number of nitrogens with zero attached hydrogens (tertiary/aromatic N) is 2. The van der Waals surface area contributed by atoms with Gasteiger partial charge < -0.3 is 15.8 Å². The molecule has 1 aromatic carbocycles. The summed E-state index contributed by atoms with van der Waals surface area (Å²) in [6.07, 6.45) is 1.55. The topological polar surface area (TPSA) is 82.2 Å². The summed E-state index contributed by atoms with van der Waals surface area (Å²) in [6.45, 7) is 2.67. The number of nitrogens with two attached hydrogens (primary N) is 1. The van der Waals surface area contributed by atoms with Gasteiger partial charge in [-0.15, -0.1) is 0 Å². The second kappa shape index (κ2) is 6.21. The molecule has 0 aliphatic rings. The number of carbonyl (C=O) groups excluding carboxylic acids is 1. The Hall–Kier alpha value is -2.34. The highest BCUT2D eigenvalue weighted by atomic mass is 16.5. The minimum absolute atomic E-state index is 0.209. The monoisotopic (exact) mass is 274 g/mol. The SMILES string of the molecule is Cc1c(C(=O)Nc2ccccc2OCCN)cnn1C. The van der Waals surface area contributed by atoms with Crippen molar-refractivity contribution in [2.75, 3.05) is 18.5 Å². The fraction of sp³-hybridized carbons (Fsp3) is 0.286. The summed E-state index contributed by atoms with van der Waals surface area (Å²) in [7, 11) is 1.80. The van der Waals surface area contributed by atoms with Gasteiger partial charge >= 0.3 is 0 Å². The lowest BCUT2D eigenvalue weighted by Crippen LogP contribution is -2.15. The number of carbonyl (C=O) groups is 1. The van der Waals surface area contributed by atoms with Crippen LogP contribution in [-0.2, 0) is 7.05 Å². The first-order chi connectivity index (χ1) is 9.63. The highest BCUT2D eigenvalue weighted by Gasteiger charge is 2.14. The Morgan fingerprint density at radius 1 is 1.45 bits per heavy atom. The number of anilines is 1. The standard InChI is InChI=1S/C14H18N4O2/c1-10-11(9-16-18(10)2)14(19)17-12-5-3-4-6-13(12)20-8-7-15/h3-6,9H,7-8,15H2,1-2H3,(H,17,19). The van der Waals surface area contributed by atoms with Gasteiger partial charge in [0.05, 0.1) is 17.4 Å². The van der Waals surface area contributed by atoms with Crippen LogP contribution in [0.25, 0.3) is 0 Å². The number of benzene rings is 1. The van der Waals surface area contributed by atoms with Gasteiger partial charge in [-0.05, 0) is 19.1 Å². The van der Waals surface area contributed by atoms with Crippen LogP contribution < -0.4 is 15.8 Å². The lowest BCUT2D eigenvalue weighted by Gasteiger charge is -2.11. The Labute approximate surface area is 117 Å². The van der Waals surface area contributed by atoms with Crippen LogP contribution in [0.3, 0.4) is 0 Å². The van der Waals surface area contributed by atoms with Crippen molar-refractivity contribution in [2.24, 2.45) is 12.8 Å². The third-order valence-electron chi connectivity index (χ3n) is 2.99. The number of amides is 1. The minimum Gasteiger partial charge on any atom is -0.490 e. The molecular formula is C14H18N4O2. The number of nitrogens with one attached hydrogen (secondary N) is 1. The van der Waals surface area contributed by atoms with E-state index >= 15 is 0 Å². The molecule has 1 heterocycles. The van der Waals surface area contributed by atoms with Crippen molar-refractivity contribution in [3.8, 4) is 5.75 Å². The van der Waals surface area contributed by atoms with Crippen molar-refractivity contribution in [1.29, 1.82) is 0 Å². The van der Waals surface area contributed by atoms with Gasteiger partial charge in [-0.1, -0.05) is 12.1 Å². The third-order valence-corrected chi connectivity index (χ3v) is 2.99. The zero-order chi connectivity index (χ0) is 14.5. The van der Waals surface area contributed by atoms with E-state index < -0.39 is 0 Å². The summed E-state index contributed by atoms with van der Waals surface area (Å²) in [5, 5.41) is 6.89. The Morgan fingerprint density at radius 2 is 2.20 bits per heavy atom. The van der Waals surface area contributed by atoms with E-state index in [0.29, 0.717) is 30.2 Å². The largest absolute Gasteiger partial charge is 0.490 e. The third kappa shape index (κ3) is 2.97. The van der Waals surface area contributed by atoms with E-state index in [0.717, 1.165) is 5.69 Å². The molecule has 0 radical (unpaired) electrons. The van der Waals surface area contributed by atoms with Crippen LogP contribution in [-0.4, -0.2) is 28.8 Å². The van der Waals surface area contributed by atoms with Crippen molar-refractivity contribution < 1.29 is 9.53 Å². The summed E-state index contributed by atoms with van der Waals surface area (Å²) in [4.78, 5) is 12.2. The average Bonchev–Trinajstić information content (AvgIpc) is 2.78. The van der Waals surface area contributed by atoms with Crippen molar-refractivity contribution in [3.05, 3.63) is 41.7 Å². The van der Waals surface area contributed by atoms with E-state index in [2.05, 4.69) is 10.4 Å². The van der Waals surface area contributed by atoms with Crippen molar-refractivity contribution in [1.82, 2.24) is 9.78 Å². The lowest BCUT2D eigenvalue weighted by atomic mass is 10.2. The Balaban J connectivity index is 2.17. The maximum atomic E-state index is 12.2. The predicted octanol–water partition coefficient (Wildman–Crippen LogP) is 1.32. The Kier molecular flexibility index (Phi) is 4.37. The molecule has 0 spiro atoms. The van der Waals surface area contributed by atoms with E-state index in [9.17, 15) is 4.79 Å². The van der Waals surface area contributed by atoms with Crippen LogP contribution in [0.1, 0.15) is 16.1 Å². The summed E-state index contributed by atoms with van der Waals surface area (Å²) in [6, 6.07) is 7.26. The Bertz CT molecular complexity index is 607. The second-order valence-electron chi connectivity index (χ2n) is 4.35. The van der Waals surface area contributed by atoms with E-state index in [-0.39, 0.29) is 5.91 Å². The first-order valence-corrected chi connectivity index (χ1v) is 6.35. The summed E-state index contributed by atoms with van der Waals surface area (Å²) in [5.41, 5.74) is 7.39. The first-order valence-electron chi connectivity index (χ1n) is 6.35. The number of aryl methyl sites for hydroxylation is 1. The molecule has 0 aliphatic carbocycles. The molecule has 1 aromatic heterocycles. The van der Waals surface area contributed by atoms with Gasteiger partial charge in [0.2, 0.25) is 0 Å². The molecule has 1 amide bonds. The van der Waals surface area contributed by atoms with Gasteiger partial charge in [-0.25, -0.2) is 0 Å². The zero-order valence-corrected chi connectivity index (χ0v) is 11.6. The molecule has 2 aromatic rings. The van der Waals surface area contributed by atoms with Crippen LogP contribution in [0.4, 0.5) is 5.69 Å². The van der Waals surface area contributed by atoms with Gasteiger partial charge in [0.15, 0.2) is 0 Å². The normalized spacial score (nSPS) is 10.3. The quantitative estimate of drug-likeness (QED) is 0.861. The minimum atomic E-state index is -0.209. The Morgan fingerprint density at radius 3 is 2.85 bits per heavy atom. The second-order valence-corrected chi connectivity index (χ2v) is 4.35. The predicted molar refractivity (Wildman–Crippen MR) is 76.9 cm³/mol. The van der Waals surface area contributed by atoms with Crippen LogP contribution >= 0.6 is 0 Å². The van der Waals surface area contributed by atoms with Crippen molar-refractivity contribution in [3.63, 3.8) is 0 Å². The molecule has 3 N–H and O–H groups in total. The highest BCUT2D eigenvalue weighted by molar-refractivity contribution is 6.05. The molecule has 0 saturated carbocycles. The molecule has 106 valence electrons. The zero-order valence-electron chi connectivity index (χ0n) is 11.6. The van der Waals surface area contributed by atoms with Crippen LogP contribution in [0.15, 0.2) is 30.5 Å². The molecule has 0 bridgehead atoms. The van der Waals surface area contributed by atoms with E-state index in [1.165, 1.54) is 0 Å². The van der Waals surface area contributed by atoms with Crippen molar-refractivity contribution >= 4 is 11.6 Å². The van der Waals surface area contributed by atoms with E-state index in [1.54, 1.807) is 30.1 Å². The van der Waals surface area contributed by atoms with Gasteiger partial charge in [0.1, 0.15) is 12.4 Å². The maximum absolute atomic E-state index is 12.2. The first kappa shape index (κ1) is 14.1. The molecule has 0 unspecified atom stereocenters. The molecule has 6 nitrogen and oxygen atoms in total. The summed E-state index contributed by atoms with van der Waals surface area (Å²) >= 11 is 0. The van der Waals surface area contributed by atoms with E-state index in [1.807, 2.05) is 19.1 Å². The highest BCUT2D eigenvalue weighted by Crippen LogP contribution is 2.24. The number of aromatic nitrogens is 2. The van der Waals surface area contributed by atoms with Crippen LogP contribution in [0.2, 0.25) is 0 Å². The van der Waals surface area contributed by atoms with Gasteiger partial charge in [0.25, 0.3) is 5.91 Å². The molecule has 0 aliphatic heterocycles. The summed E-state index contributed by atoms with van der Waals surface area (Å²) in [5.74, 6) is 0.396. The molecule has 0 saturated heterocycles. The molecular weight excluding hydrogens is 256 g/mol. The number of hydrogen-bond acceptors (Lipinski definition) is 4. The van der Waals surface area contributed by atoms with Crippen LogP contribution in [0.5, 0.6) is 5.75 Å². The molecule has 6 heteroatoms. The molecule has 2 rings (SSSR count). The number of ether oxygens (including phenoxy) is 1. The lowest BCUT2D eigenvalue weighted by molar-refractivity contribution is 0.102. The molecule has 0 atom stereocenters.